The quantitative estimate of drug-likeness (QED) is 0.558. The van der Waals surface area contributed by atoms with Gasteiger partial charge >= 0.3 is 0 Å². The van der Waals surface area contributed by atoms with E-state index >= 15 is 0 Å². The molecule has 0 aliphatic rings. The van der Waals surface area contributed by atoms with Crippen LogP contribution in [0, 0.1) is 0 Å². The molecule has 0 saturated heterocycles. The van der Waals surface area contributed by atoms with Gasteiger partial charge in [0.05, 0.1) is 12.2 Å². The van der Waals surface area contributed by atoms with E-state index in [9.17, 15) is 0 Å². The average Bonchev–Trinajstić information content (AvgIpc) is 2.72. The minimum atomic E-state index is 0.651. The number of aromatic nitrogens is 2. The number of rotatable bonds is 7. The van der Waals surface area contributed by atoms with E-state index in [4.69, 9.17) is 17.0 Å². The first-order valence-corrected chi connectivity index (χ1v) is 6.21. The van der Waals surface area contributed by atoms with Crippen molar-refractivity contribution in [2.24, 2.45) is 7.05 Å². The Labute approximate surface area is 108 Å². The second-order valence-electron chi connectivity index (χ2n) is 3.64. The molecule has 0 aliphatic carbocycles. The minimum Gasteiger partial charge on any atom is -0.382 e. The lowest BCUT2D eigenvalue weighted by Crippen LogP contribution is -2.35. The number of hydrogen-bond acceptors (Lipinski definition) is 3. The third kappa shape index (κ3) is 6.23. The summed E-state index contributed by atoms with van der Waals surface area (Å²) in [5.41, 5.74) is 0.978. The number of ether oxygens (including phenoxy) is 1. The normalized spacial score (nSPS) is 10.2. The number of thiocarbonyl (C=S) groups is 1. The fraction of sp³-hybridized carbons (Fsp3) is 0.636. The molecule has 17 heavy (non-hydrogen) atoms. The third-order valence-corrected chi connectivity index (χ3v) is 2.44. The van der Waals surface area contributed by atoms with Crippen molar-refractivity contribution in [2.75, 3.05) is 19.8 Å². The second kappa shape index (κ2) is 8.03. The number of nitrogens with zero attached hydrogens (tertiary/aromatic N) is 2. The van der Waals surface area contributed by atoms with Crippen LogP contribution in [0.25, 0.3) is 0 Å². The van der Waals surface area contributed by atoms with Gasteiger partial charge in [-0.3, -0.25) is 4.68 Å². The maximum absolute atomic E-state index is 5.23. The van der Waals surface area contributed by atoms with Gasteiger partial charge in [0.2, 0.25) is 0 Å². The zero-order chi connectivity index (χ0) is 12.5. The van der Waals surface area contributed by atoms with Crippen molar-refractivity contribution in [1.29, 1.82) is 0 Å². The summed E-state index contributed by atoms with van der Waals surface area (Å²) < 4.78 is 7.00. The highest BCUT2D eigenvalue weighted by atomic mass is 32.1. The van der Waals surface area contributed by atoms with Gasteiger partial charge in [0, 0.05) is 33.0 Å². The summed E-state index contributed by atoms with van der Waals surface area (Å²) in [6.45, 7) is 5.01. The van der Waals surface area contributed by atoms with Gasteiger partial charge in [-0.25, -0.2) is 0 Å². The Kier molecular flexibility index (Phi) is 6.57. The molecule has 0 amide bonds. The van der Waals surface area contributed by atoms with Crippen molar-refractivity contribution in [1.82, 2.24) is 20.4 Å². The molecule has 0 unspecified atom stereocenters. The van der Waals surface area contributed by atoms with Gasteiger partial charge in [-0.1, -0.05) is 0 Å². The SMILES string of the molecule is CCOCCCNC(=S)NCc1ccn(C)n1. The second-order valence-corrected chi connectivity index (χ2v) is 4.05. The molecule has 1 aromatic heterocycles. The Hall–Kier alpha value is -1.14. The molecule has 1 aromatic rings. The van der Waals surface area contributed by atoms with Crippen LogP contribution >= 0.6 is 12.2 Å². The van der Waals surface area contributed by atoms with Crippen LogP contribution in [0.4, 0.5) is 0 Å². The molecule has 0 atom stereocenters. The van der Waals surface area contributed by atoms with E-state index < -0.39 is 0 Å². The summed E-state index contributed by atoms with van der Waals surface area (Å²) >= 11 is 5.14. The Morgan fingerprint density at radius 1 is 1.53 bits per heavy atom. The predicted molar refractivity (Wildman–Crippen MR) is 71.8 cm³/mol. The van der Waals surface area contributed by atoms with E-state index in [0.29, 0.717) is 11.7 Å². The topological polar surface area (TPSA) is 51.1 Å². The summed E-state index contributed by atoms with van der Waals surface area (Å²) in [6.07, 6.45) is 2.87. The highest BCUT2D eigenvalue weighted by Gasteiger charge is 1.98. The molecule has 1 heterocycles. The molecule has 1 rings (SSSR count). The highest BCUT2D eigenvalue weighted by molar-refractivity contribution is 7.80. The molecule has 0 bridgehead atoms. The maximum atomic E-state index is 5.23. The Bertz CT molecular complexity index is 340. The van der Waals surface area contributed by atoms with E-state index in [-0.39, 0.29) is 0 Å². The number of hydrogen-bond donors (Lipinski definition) is 2. The van der Waals surface area contributed by atoms with Gasteiger partial charge in [-0.2, -0.15) is 5.10 Å². The van der Waals surface area contributed by atoms with E-state index in [1.807, 2.05) is 26.2 Å². The smallest absolute Gasteiger partial charge is 0.166 e. The first kappa shape index (κ1) is 13.9. The van der Waals surface area contributed by atoms with Gasteiger partial charge in [0.25, 0.3) is 0 Å². The summed E-state index contributed by atoms with van der Waals surface area (Å²) in [5, 5.41) is 11.1. The fourth-order valence-electron chi connectivity index (χ4n) is 1.31. The van der Waals surface area contributed by atoms with Gasteiger partial charge in [0.1, 0.15) is 0 Å². The zero-order valence-electron chi connectivity index (χ0n) is 10.4. The monoisotopic (exact) mass is 256 g/mol. The Morgan fingerprint density at radius 3 is 3.00 bits per heavy atom. The lowest BCUT2D eigenvalue weighted by molar-refractivity contribution is 0.145. The standard InChI is InChI=1S/C11H20N4OS/c1-3-16-8-4-6-12-11(17)13-9-10-5-7-15(2)14-10/h5,7H,3-4,6,8-9H2,1-2H3,(H2,12,13,17). The van der Waals surface area contributed by atoms with E-state index in [2.05, 4.69) is 15.7 Å². The van der Waals surface area contributed by atoms with E-state index in [0.717, 1.165) is 31.9 Å². The van der Waals surface area contributed by atoms with Gasteiger partial charge in [-0.05, 0) is 31.6 Å². The van der Waals surface area contributed by atoms with Crippen LogP contribution in [0.5, 0.6) is 0 Å². The highest BCUT2D eigenvalue weighted by Crippen LogP contribution is 1.92. The first-order valence-electron chi connectivity index (χ1n) is 5.80. The summed E-state index contributed by atoms with van der Waals surface area (Å²) in [6, 6.07) is 1.96. The molecule has 6 heteroatoms. The molecule has 2 N–H and O–H groups in total. The molecular formula is C11H20N4OS. The van der Waals surface area contributed by atoms with Crippen LogP contribution in [0.3, 0.4) is 0 Å². The van der Waals surface area contributed by atoms with Gasteiger partial charge in [-0.15, -0.1) is 0 Å². The van der Waals surface area contributed by atoms with Crippen molar-refractivity contribution in [2.45, 2.75) is 19.9 Å². The number of nitrogens with one attached hydrogen (secondary N) is 2. The van der Waals surface area contributed by atoms with Gasteiger partial charge in [0.15, 0.2) is 5.11 Å². The van der Waals surface area contributed by atoms with Crippen LogP contribution in [-0.2, 0) is 18.3 Å². The summed E-state index contributed by atoms with van der Waals surface area (Å²) in [5.74, 6) is 0. The molecule has 5 nitrogen and oxygen atoms in total. The molecule has 0 fully saturated rings. The molecule has 0 radical (unpaired) electrons. The molecule has 0 spiro atoms. The van der Waals surface area contributed by atoms with Crippen molar-refractivity contribution >= 4 is 17.3 Å². The van der Waals surface area contributed by atoms with Crippen LogP contribution in [0.15, 0.2) is 12.3 Å². The average molecular weight is 256 g/mol. The molecule has 0 saturated carbocycles. The predicted octanol–water partition coefficient (Wildman–Crippen LogP) is 0.811. The van der Waals surface area contributed by atoms with E-state index in [1.165, 1.54) is 0 Å². The van der Waals surface area contributed by atoms with Crippen molar-refractivity contribution < 1.29 is 4.74 Å². The lowest BCUT2D eigenvalue weighted by atomic mass is 10.4. The molecule has 0 aromatic carbocycles. The first-order chi connectivity index (χ1) is 8.22. The van der Waals surface area contributed by atoms with Crippen LogP contribution in [0.1, 0.15) is 19.0 Å². The molecular weight excluding hydrogens is 236 g/mol. The number of aryl methyl sites for hydroxylation is 1. The summed E-state index contributed by atoms with van der Waals surface area (Å²) in [4.78, 5) is 0. The maximum Gasteiger partial charge on any atom is 0.166 e. The Morgan fingerprint density at radius 2 is 2.35 bits per heavy atom. The molecule has 96 valence electrons. The fourth-order valence-corrected chi connectivity index (χ4v) is 1.49. The van der Waals surface area contributed by atoms with Crippen LogP contribution < -0.4 is 10.6 Å². The summed E-state index contributed by atoms with van der Waals surface area (Å²) in [7, 11) is 1.90. The van der Waals surface area contributed by atoms with Crippen molar-refractivity contribution in [3.8, 4) is 0 Å². The Balaban J connectivity index is 2.05. The lowest BCUT2D eigenvalue weighted by Gasteiger charge is -2.09. The van der Waals surface area contributed by atoms with E-state index in [1.54, 1.807) is 4.68 Å². The van der Waals surface area contributed by atoms with Crippen LogP contribution in [0.2, 0.25) is 0 Å². The van der Waals surface area contributed by atoms with Gasteiger partial charge < -0.3 is 15.4 Å². The molecule has 0 aliphatic heterocycles. The zero-order valence-corrected chi connectivity index (χ0v) is 11.2. The van der Waals surface area contributed by atoms with Crippen molar-refractivity contribution in [3.05, 3.63) is 18.0 Å². The largest absolute Gasteiger partial charge is 0.382 e. The minimum absolute atomic E-state index is 0.651. The van der Waals surface area contributed by atoms with Crippen molar-refractivity contribution in [3.63, 3.8) is 0 Å². The van der Waals surface area contributed by atoms with Crippen LogP contribution in [-0.4, -0.2) is 34.7 Å². The third-order valence-electron chi connectivity index (χ3n) is 2.15.